The molecule has 0 saturated carbocycles. The Labute approximate surface area is 172 Å². The van der Waals surface area contributed by atoms with E-state index in [4.69, 9.17) is 0 Å². The van der Waals surface area contributed by atoms with Gasteiger partial charge < -0.3 is 15.1 Å². The maximum atomic E-state index is 12.6. The maximum absolute atomic E-state index is 12.6. The van der Waals surface area contributed by atoms with Crippen molar-refractivity contribution in [2.24, 2.45) is 5.92 Å². The molecule has 4 rings (SSSR count). The van der Waals surface area contributed by atoms with E-state index in [0.29, 0.717) is 18.5 Å². The van der Waals surface area contributed by atoms with E-state index in [2.05, 4.69) is 29.3 Å². The number of hydrogen-bond acceptors (Lipinski definition) is 3. The number of carbonyl (C=O) groups excluding carboxylic acids is 2. The van der Waals surface area contributed by atoms with Crippen LogP contribution in [0, 0.1) is 5.92 Å². The summed E-state index contributed by atoms with van der Waals surface area (Å²) in [5.41, 5.74) is 3.69. The van der Waals surface area contributed by atoms with Crippen LogP contribution in [0.3, 0.4) is 0 Å². The number of carbonyl (C=O) groups is 2. The predicted molar refractivity (Wildman–Crippen MR) is 116 cm³/mol. The fourth-order valence-corrected chi connectivity index (χ4v) is 4.08. The SMILES string of the molecule is CC1CCN(c2ccc(NC(=O)c3ccc(CN4CCCC4=O)cc3)cc2)CC1. The molecule has 2 heterocycles. The van der Waals surface area contributed by atoms with Gasteiger partial charge in [0.1, 0.15) is 0 Å². The molecule has 1 N–H and O–H groups in total. The number of hydrogen-bond donors (Lipinski definition) is 1. The molecule has 5 nitrogen and oxygen atoms in total. The molecule has 152 valence electrons. The highest BCUT2D eigenvalue weighted by molar-refractivity contribution is 6.04. The minimum Gasteiger partial charge on any atom is -0.372 e. The zero-order chi connectivity index (χ0) is 20.2. The molecular weight excluding hydrogens is 362 g/mol. The van der Waals surface area contributed by atoms with Crippen LogP contribution in [-0.4, -0.2) is 36.3 Å². The van der Waals surface area contributed by atoms with Gasteiger partial charge in [-0.3, -0.25) is 9.59 Å². The number of nitrogens with zero attached hydrogens (tertiary/aromatic N) is 2. The Balaban J connectivity index is 1.33. The lowest BCUT2D eigenvalue weighted by Gasteiger charge is -2.32. The molecule has 2 aromatic carbocycles. The van der Waals surface area contributed by atoms with Gasteiger partial charge in [0.15, 0.2) is 0 Å². The third kappa shape index (κ3) is 4.78. The molecule has 0 aromatic heterocycles. The van der Waals surface area contributed by atoms with Crippen molar-refractivity contribution in [1.29, 1.82) is 0 Å². The van der Waals surface area contributed by atoms with E-state index in [1.807, 2.05) is 41.3 Å². The molecule has 0 atom stereocenters. The van der Waals surface area contributed by atoms with Crippen LogP contribution < -0.4 is 10.2 Å². The molecule has 0 spiro atoms. The molecule has 2 saturated heterocycles. The first kappa shape index (κ1) is 19.5. The summed E-state index contributed by atoms with van der Waals surface area (Å²) in [7, 11) is 0. The van der Waals surface area contributed by atoms with Crippen molar-refractivity contribution in [3.63, 3.8) is 0 Å². The van der Waals surface area contributed by atoms with Gasteiger partial charge in [-0.2, -0.15) is 0 Å². The standard InChI is InChI=1S/C24H29N3O2/c1-18-12-15-26(16-13-18)22-10-8-21(9-11-22)25-24(29)20-6-4-19(5-7-20)17-27-14-2-3-23(27)28/h4-11,18H,2-3,12-17H2,1H3,(H,25,29). The van der Waals surface area contributed by atoms with E-state index in [1.54, 1.807) is 0 Å². The normalized spacial score (nSPS) is 17.6. The summed E-state index contributed by atoms with van der Waals surface area (Å²) < 4.78 is 0. The van der Waals surface area contributed by atoms with Gasteiger partial charge in [-0.15, -0.1) is 0 Å². The first-order valence-electron chi connectivity index (χ1n) is 10.6. The molecule has 5 heteroatoms. The molecule has 2 aromatic rings. The first-order chi connectivity index (χ1) is 14.1. The molecule has 2 amide bonds. The highest BCUT2D eigenvalue weighted by Crippen LogP contribution is 2.24. The monoisotopic (exact) mass is 391 g/mol. The predicted octanol–water partition coefficient (Wildman–Crippen LogP) is 4.30. The van der Waals surface area contributed by atoms with Crippen molar-refractivity contribution < 1.29 is 9.59 Å². The molecule has 0 unspecified atom stereocenters. The van der Waals surface area contributed by atoms with Gasteiger partial charge in [-0.1, -0.05) is 19.1 Å². The van der Waals surface area contributed by atoms with Gasteiger partial charge in [-0.25, -0.2) is 0 Å². The second-order valence-corrected chi connectivity index (χ2v) is 8.29. The number of anilines is 2. The molecular formula is C24H29N3O2. The lowest BCUT2D eigenvalue weighted by Crippen LogP contribution is -2.32. The molecule has 29 heavy (non-hydrogen) atoms. The summed E-state index contributed by atoms with van der Waals surface area (Å²) in [6.07, 6.45) is 4.06. The Morgan fingerprint density at radius 2 is 1.69 bits per heavy atom. The summed E-state index contributed by atoms with van der Waals surface area (Å²) in [6.45, 7) is 5.96. The number of likely N-dealkylation sites (tertiary alicyclic amines) is 1. The van der Waals surface area contributed by atoms with Gasteiger partial charge in [-0.05, 0) is 67.1 Å². The van der Waals surface area contributed by atoms with E-state index in [0.717, 1.165) is 43.2 Å². The van der Waals surface area contributed by atoms with Crippen molar-refractivity contribution in [1.82, 2.24) is 4.90 Å². The minimum atomic E-state index is -0.117. The zero-order valence-corrected chi connectivity index (χ0v) is 17.1. The number of nitrogens with one attached hydrogen (secondary N) is 1. The number of benzene rings is 2. The Hall–Kier alpha value is -2.82. The van der Waals surface area contributed by atoms with E-state index >= 15 is 0 Å². The summed E-state index contributed by atoms with van der Waals surface area (Å²) in [4.78, 5) is 28.6. The summed E-state index contributed by atoms with van der Waals surface area (Å²) in [6, 6.07) is 15.6. The fourth-order valence-electron chi connectivity index (χ4n) is 4.08. The van der Waals surface area contributed by atoms with Crippen LogP contribution in [0.4, 0.5) is 11.4 Å². The molecule has 0 aliphatic carbocycles. The molecule has 2 fully saturated rings. The summed E-state index contributed by atoms with van der Waals surface area (Å²) >= 11 is 0. The van der Waals surface area contributed by atoms with Crippen LogP contribution in [0.25, 0.3) is 0 Å². The van der Waals surface area contributed by atoms with Crippen LogP contribution in [-0.2, 0) is 11.3 Å². The Kier molecular flexibility index (Phi) is 5.84. The third-order valence-corrected chi connectivity index (χ3v) is 6.03. The van der Waals surface area contributed by atoms with Crippen molar-refractivity contribution in [2.75, 3.05) is 29.9 Å². The van der Waals surface area contributed by atoms with E-state index in [9.17, 15) is 9.59 Å². The van der Waals surface area contributed by atoms with Crippen LogP contribution in [0.15, 0.2) is 48.5 Å². The van der Waals surface area contributed by atoms with Crippen LogP contribution in [0.5, 0.6) is 0 Å². The van der Waals surface area contributed by atoms with Crippen molar-refractivity contribution in [2.45, 2.75) is 39.2 Å². The molecule has 2 aliphatic heterocycles. The lowest BCUT2D eigenvalue weighted by molar-refractivity contribution is -0.128. The number of amides is 2. The van der Waals surface area contributed by atoms with Gasteiger partial charge in [0.25, 0.3) is 5.91 Å². The van der Waals surface area contributed by atoms with Gasteiger partial charge in [0.2, 0.25) is 5.91 Å². The highest BCUT2D eigenvalue weighted by Gasteiger charge is 2.20. The maximum Gasteiger partial charge on any atom is 0.255 e. The number of rotatable bonds is 5. The van der Waals surface area contributed by atoms with Gasteiger partial charge in [0.05, 0.1) is 0 Å². The summed E-state index contributed by atoms with van der Waals surface area (Å²) in [5, 5.41) is 2.97. The van der Waals surface area contributed by atoms with Crippen molar-refractivity contribution >= 4 is 23.2 Å². The quantitative estimate of drug-likeness (QED) is 0.827. The first-order valence-corrected chi connectivity index (χ1v) is 10.6. The van der Waals surface area contributed by atoms with Crippen LogP contribution in [0.2, 0.25) is 0 Å². The van der Waals surface area contributed by atoms with Crippen LogP contribution in [0.1, 0.15) is 48.5 Å². The largest absolute Gasteiger partial charge is 0.372 e. The lowest BCUT2D eigenvalue weighted by atomic mass is 9.99. The highest BCUT2D eigenvalue weighted by atomic mass is 16.2. The topological polar surface area (TPSA) is 52.7 Å². The van der Waals surface area contributed by atoms with Crippen molar-refractivity contribution in [3.05, 3.63) is 59.7 Å². The zero-order valence-electron chi connectivity index (χ0n) is 17.1. The minimum absolute atomic E-state index is 0.117. The second kappa shape index (κ2) is 8.68. The Morgan fingerprint density at radius 1 is 1.00 bits per heavy atom. The van der Waals surface area contributed by atoms with E-state index in [1.165, 1.54) is 18.5 Å². The smallest absolute Gasteiger partial charge is 0.255 e. The van der Waals surface area contributed by atoms with Crippen LogP contribution >= 0.6 is 0 Å². The Morgan fingerprint density at radius 3 is 2.31 bits per heavy atom. The average molecular weight is 392 g/mol. The molecule has 0 bridgehead atoms. The summed E-state index contributed by atoms with van der Waals surface area (Å²) in [5.74, 6) is 0.912. The number of piperidine rings is 1. The Bertz CT molecular complexity index is 853. The third-order valence-electron chi connectivity index (χ3n) is 6.03. The second-order valence-electron chi connectivity index (χ2n) is 8.29. The van der Waals surface area contributed by atoms with E-state index < -0.39 is 0 Å². The molecule has 0 radical (unpaired) electrons. The average Bonchev–Trinajstić information content (AvgIpc) is 3.14. The van der Waals surface area contributed by atoms with Gasteiger partial charge in [0, 0.05) is 49.5 Å². The van der Waals surface area contributed by atoms with E-state index in [-0.39, 0.29) is 11.8 Å². The van der Waals surface area contributed by atoms with Crippen molar-refractivity contribution in [3.8, 4) is 0 Å². The fraction of sp³-hybridized carbons (Fsp3) is 0.417. The molecule has 2 aliphatic rings. The van der Waals surface area contributed by atoms with Gasteiger partial charge >= 0.3 is 0 Å².